The van der Waals surface area contributed by atoms with E-state index < -0.39 is 0 Å². The van der Waals surface area contributed by atoms with Gasteiger partial charge in [-0.1, -0.05) is 5.92 Å². The Morgan fingerprint density at radius 3 is 2.55 bits per heavy atom. The predicted octanol–water partition coefficient (Wildman–Crippen LogP) is 2.02. The number of amides is 1. The van der Waals surface area contributed by atoms with E-state index in [1.165, 1.54) is 0 Å². The molecule has 0 radical (unpaired) electrons. The van der Waals surface area contributed by atoms with Gasteiger partial charge in [-0.3, -0.25) is 9.78 Å². The molecule has 1 aromatic carbocycles. The van der Waals surface area contributed by atoms with Gasteiger partial charge in [0.1, 0.15) is 12.4 Å². The molecule has 0 saturated heterocycles. The molecule has 4 nitrogen and oxygen atoms in total. The number of carbonyl (C=O) groups is 1. The van der Waals surface area contributed by atoms with Crippen LogP contribution in [0.15, 0.2) is 48.8 Å². The number of nitrogens with zero attached hydrogens (tertiary/aromatic N) is 1. The van der Waals surface area contributed by atoms with E-state index in [1.807, 2.05) is 12.1 Å². The molecule has 0 aliphatic heterocycles. The van der Waals surface area contributed by atoms with E-state index in [-0.39, 0.29) is 12.5 Å². The second-order valence-electron chi connectivity index (χ2n) is 4.06. The summed E-state index contributed by atoms with van der Waals surface area (Å²) in [6.45, 7) is 0.685. The van der Waals surface area contributed by atoms with E-state index in [4.69, 9.17) is 11.2 Å². The van der Waals surface area contributed by atoms with Gasteiger partial charge in [-0.25, -0.2) is 0 Å². The molecule has 0 saturated carbocycles. The van der Waals surface area contributed by atoms with Crippen LogP contribution >= 0.6 is 0 Å². The molecule has 0 atom stereocenters. The largest absolute Gasteiger partial charge is 0.481 e. The van der Waals surface area contributed by atoms with Gasteiger partial charge < -0.3 is 10.1 Å². The highest BCUT2D eigenvalue weighted by Crippen LogP contribution is 2.12. The van der Waals surface area contributed by atoms with Crippen molar-refractivity contribution in [3.05, 3.63) is 59.9 Å². The Morgan fingerprint density at radius 2 is 1.90 bits per heavy atom. The fourth-order valence-electron chi connectivity index (χ4n) is 1.61. The molecular weight excluding hydrogens is 252 g/mol. The van der Waals surface area contributed by atoms with Crippen molar-refractivity contribution in [2.75, 3.05) is 6.61 Å². The highest BCUT2D eigenvalue weighted by atomic mass is 16.5. The molecule has 4 heteroatoms. The van der Waals surface area contributed by atoms with Gasteiger partial charge in [-0.15, -0.1) is 6.42 Å². The number of pyridine rings is 1. The number of terminal acetylenes is 1. The van der Waals surface area contributed by atoms with Gasteiger partial charge >= 0.3 is 0 Å². The van der Waals surface area contributed by atoms with Gasteiger partial charge in [-0.05, 0) is 42.0 Å². The lowest BCUT2D eigenvalue weighted by Gasteiger charge is -2.06. The van der Waals surface area contributed by atoms with Gasteiger partial charge in [0.15, 0.2) is 0 Å². The second kappa shape index (κ2) is 6.95. The first-order chi connectivity index (χ1) is 9.79. The molecule has 0 aliphatic carbocycles. The summed E-state index contributed by atoms with van der Waals surface area (Å²) in [4.78, 5) is 15.9. The van der Waals surface area contributed by atoms with Crippen LogP contribution in [-0.2, 0) is 6.54 Å². The number of aromatic nitrogens is 1. The van der Waals surface area contributed by atoms with Crippen LogP contribution < -0.4 is 10.1 Å². The molecule has 1 heterocycles. The topological polar surface area (TPSA) is 51.2 Å². The van der Waals surface area contributed by atoms with E-state index >= 15 is 0 Å². The third-order valence-electron chi connectivity index (χ3n) is 2.64. The van der Waals surface area contributed by atoms with E-state index in [9.17, 15) is 4.79 Å². The Balaban J connectivity index is 1.91. The maximum atomic E-state index is 11.9. The van der Waals surface area contributed by atoms with Gasteiger partial charge in [0.2, 0.25) is 0 Å². The minimum Gasteiger partial charge on any atom is -0.481 e. The lowest BCUT2D eigenvalue weighted by molar-refractivity contribution is 0.0951. The average molecular weight is 266 g/mol. The van der Waals surface area contributed by atoms with E-state index in [0.29, 0.717) is 17.9 Å². The van der Waals surface area contributed by atoms with Crippen molar-refractivity contribution in [1.82, 2.24) is 10.3 Å². The van der Waals surface area contributed by atoms with Gasteiger partial charge in [-0.2, -0.15) is 0 Å². The Labute approximate surface area is 117 Å². The summed E-state index contributed by atoms with van der Waals surface area (Å²) in [6, 6.07) is 10.6. The number of hydrogen-bond donors (Lipinski definition) is 1. The normalized spacial score (nSPS) is 9.55. The Morgan fingerprint density at radius 1 is 1.20 bits per heavy atom. The molecule has 2 aromatic rings. The van der Waals surface area contributed by atoms with Crippen molar-refractivity contribution < 1.29 is 9.53 Å². The zero-order chi connectivity index (χ0) is 14.2. The molecule has 20 heavy (non-hydrogen) atoms. The summed E-state index contributed by atoms with van der Waals surface area (Å²) >= 11 is 0. The smallest absolute Gasteiger partial charge is 0.251 e. The minimum absolute atomic E-state index is 0.134. The molecule has 1 aromatic heterocycles. The zero-order valence-corrected chi connectivity index (χ0v) is 10.9. The molecule has 0 spiro atoms. The molecule has 0 bridgehead atoms. The van der Waals surface area contributed by atoms with Gasteiger partial charge in [0, 0.05) is 24.5 Å². The third-order valence-corrected chi connectivity index (χ3v) is 2.64. The number of rotatable bonds is 5. The number of hydrogen-bond acceptors (Lipinski definition) is 3. The number of nitrogens with one attached hydrogen (secondary N) is 1. The van der Waals surface area contributed by atoms with Crippen LogP contribution in [0.25, 0.3) is 0 Å². The summed E-state index contributed by atoms with van der Waals surface area (Å²) in [5.41, 5.74) is 1.58. The van der Waals surface area contributed by atoms with Crippen molar-refractivity contribution in [3.8, 4) is 18.1 Å². The maximum absolute atomic E-state index is 11.9. The monoisotopic (exact) mass is 266 g/mol. The molecule has 1 N–H and O–H groups in total. The van der Waals surface area contributed by atoms with Crippen molar-refractivity contribution in [2.24, 2.45) is 0 Å². The summed E-state index contributed by atoms with van der Waals surface area (Å²) in [5, 5.41) is 2.84. The summed E-state index contributed by atoms with van der Waals surface area (Å²) < 4.78 is 5.24. The molecule has 0 unspecified atom stereocenters. The van der Waals surface area contributed by atoms with Crippen LogP contribution in [0.3, 0.4) is 0 Å². The fourth-order valence-corrected chi connectivity index (χ4v) is 1.61. The average Bonchev–Trinajstić information content (AvgIpc) is 2.52. The van der Waals surface area contributed by atoms with Crippen LogP contribution in [0.5, 0.6) is 5.75 Å². The van der Waals surface area contributed by atoms with Crippen molar-refractivity contribution >= 4 is 5.91 Å². The molecule has 0 fully saturated rings. The van der Waals surface area contributed by atoms with E-state index in [1.54, 1.807) is 36.7 Å². The maximum Gasteiger partial charge on any atom is 0.251 e. The van der Waals surface area contributed by atoms with Crippen LogP contribution in [0.2, 0.25) is 0 Å². The molecule has 1 amide bonds. The number of ether oxygens (including phenoxy) is 1. The van der Waals surface area contributed by atoms with Gasteiger partial charge in [0.05, 0.1) is 0 Å². The molecule has 0 aliphatic rings. The second-order valence-corrected chi connectivity index (χ2v) is 4.06. The van der Waals surface area contributed by atoms with Crippen molar-refractivity contribution in [3.63, 3.8) is 0 Å². The summed E-state index contributed by atoms with van der Waals surface area (Å²) in [6.07, 6.45) is 8.49. The number of benzene rings is 1. The van der Waals surface area contributed by atoms with Gasteiger partial charge in [0.25, 0.3) is 5.91 Å². The van der Waals surface area contributed by atoms with Crippen molar-refractivity contribution in [2.45, 2.75) is 6.54 Å². The fraction of sp³-hybridized carbons (Fsp3) is 0.125. The first kappa shape index (κ1) is 13.6. The highest BCUT2D eigenvalue weighted by Gasteiger charge is 2.05. The lowest BCUT2D eigenvalue weighted by Crippen LogP contribution is -2.22. The van der Waals surface area contributed by atoms with Crippen LogP contribution in [0.1, 0.15) is 15.9 Å². The molecular formula is C16H14N2O2. The Kier molecular flexibility index (Phi) is 4.74. The van der Waals surface area contributed by atoms with E-state index in [0.717, 1.165) is 5.56 Å². The van der Waals surface area contributed by atoms with Crippen LogP contribution in [-0.4, -0.2) is 17.5 Å². The summed E-state index contributed by atoms with van der Waals surface area (Å²) in [7, 11) is 0. The first-order valence-corrected chi connectivity index (χ1v) is 6.13. The van der Waals surface area contributed by atoms with Crippen LogP contribution in [0, 0.1) is 12.3 Å². The quantitative estimate of drug-likeness (QED) is 0.842. The van der Waals surface area contributed by atoms with Crippen LogP contribution in [0.4, 0.5) is 0 Å². The predicted molar refractivity (Wildman–Crippen MR) is 76.2 cm³/mol. The molecule has 2 rings (SSSR count). The lowest BCUT2D eigenvalue weighted by atomic mass is 10.2. The SMILES string of the molecule is C#CCOc1ccc(C(=O)NCc2ccncc2)cc1. The van der Waals surface area contributed by atoms with E-state index in [2.05, 4.69) is 16.2 Å². The Bertz CT molecular complexity index is 601. The Hall–Kier alpha value is -2.80. The molecule has 100 valence electrons. The first-order valence-electron chi connectivity index (χ1n) is 6.13. The standard InChI is InChI=1S/C16H14N2O2/c1-2-11-20-15-5-3-14(4-6-15)16(19)18-12-13-7-9-17-10-8-13/h1,3-10H,11-12H2,(H,18,19). The summed E-state index contributed by atoms with van der Waals surface area (Å²) in [5.74, 6) is 2.90. The number of carbonyl (C=O) groups excluding carboxylic acids is 1. The zero-order valence-electron chi connectivity index (χ0n) is 10.9. The third kappa shape index (κ3) is 3.85. The highest BCUT2D eigenvalue weighted by molar-refractivity contribution is 5.94. The minimum atomic E-state index is -0.134. The van der Waals surface area contributed by atoms with Crippen molar-refractivity contribution in [1.29, 1.82) is 0 Å².